The quantitative estimate of drug-likeness (QED) is 0.186. The first-order chi connectivity index (χ1) is 17.4. The van der Waals surface area contributed by atoms with Gasteiger partial charge in [-0.2, -0.15) is 0 Å². The molecule has 0 heterocycles. The smallest absolute Gasteiger partial charge is 0.243 e. The van der Waals surface area contributed by atoms with Crippen LogP contribution in [-0.2, 0) is 22.6 Å². The fraction of sp³-hybridized carbons (Fsp3) is 0.286. The van der Waals surface area contributed by atoms with Gasteiger partial charge in [0.25, 0.3) is 0 Å². The summed E-state index contributed by atoms with van der Waals surface area (Å²) in [4.78, 5) is 29.5. The third-order valence-electron chi connectivity index (χ3n) is 5.60. The number of benzene rings is 3. The molecule has 0 aliphatic rings. The van der Waals surface area contributed by atoms with Gasteiger partial charge >= 0.3 is 0 Å². The highest BCUT2D eigenvalue weighted by Gasteiger charge is 2.30. The number of halogens is 3. The van der Waals surface area contributed by atoms with Crippen molar-refractivity contribution in [2.75, 3.05) is 12.3 Å². The maximum atomic E-state index is 13.6. The van der Waals surface area contributed by atoms with Gasteiger partial charge in [-0.25, -0.2) is 0 Å². The first-order valence-electron chi connectivity index (χ1n) is 11.8. The van der Waals surface area contributed by atoms with Crippen LogP contribution in [0.15, 0.2) is 77.7 Å². The molecule has 190 valence electrons. The average molecular weight is 564 g/mol. The van der Waals surface area contributed by atoms with Crippen LogP contribution < -0.4 is 5.32 Å². The molecule has 3 aromatic rings. The monoisotopic (exact) mass is 562 g/mol. The number of hydrogen-bond acceptors (Lipinski definition) is 3. The number of amides is 2. The molecule has 0 spiro atoms. The molecule has 8 heteroatoms. The lowest BCUT2D eigenvalue weighted by Crippen LogP contribution is -2.50. The molecule has 3 rings (SSSR count). The fourth-order valence-electron chi connectivity index (χ4n) is 3.77. The molecule has 4 nitrogen and oxygen atoms in total. The van der Waals surface area contributed by atoms with Crippen molar-refractivity contribution in [3.05, 3.63) is 99.0 Å². The van der Waals surface area contributed by atoms with Gasteiger partial charge in [0.15, 0.2) is 0 Å². The Morgan fingerprint density at radius 1 is 0.944 bits per heavy atom. The van der Waals surface area contributed by atoms with Crippen molar-refractivity contribution in [3.63, 3.8) is 0 Å². The number of likely N-dealkylation sites (N-methyl/N-ethyl adjacent to an activating group) is 1. The third kappa shape index (κ3) is 8.74. The summed E-state index contributed by atoms with van der Waals surface area (Å²) in [6, 6.07) is 21.9. The van der Waals surface area contributed by atoms with E-state index in [0.717, 1.165) is 21.8 Å². The second-order valence-electron chi connectivity index (χ2n) is 8.26. The van der Waals surface area contributed by atoms with E-state index in [0.29, 0.717) is 40.9 Å². The van der Waals surface area contributed by atoms with E-state index in [1.54, 1.807) is 34.9 Å². The predicted molar refractivity (Wildman–Crippen MR) is 151 cm³/mol. The van der Waals surface area contributed by atoms with Crippen LogP contribution in [0.25, 0.3) is 0 Å². The molecule has 0 saturated heterocycles. The molecule has 3 aromatic carbocycles. The topological polar surface area (TPSA) is 49.4 Å². The Morgan fingerprint density at radius 2 is 1.64 bits per heavy atom. The van der Waals surface area contributed by atoms with Gasteiger partial charge in [-0.15, -0.1) is 11.8 Å². The Labute approximate surface area is 232 Å². The van der Waals surface area contributed by atoms with Crippen LogP contribution in [0.1, 0.15) is 30.9 Å². The average Bonchev–Trinajstić information content (AvgIpc) is 2.87. The molecule has 0 fully saturated rings. The molecule has 1 unspecified atom stereocenters. The van der Waals surface area contributed by atoms with Crippen LogP contribution in [-0.4, -0.2) is 35.1 Å². The van der Waals surface area contributed by atoms with Gasteiger partial charge in [-0.3, -0.25) is 9.59 Å². The summed E-state index contributed by atoms with van der Waals surface area (Å²) in [5, 5.41) is 4.58. The van der Waals surface area contributed by atoms with Crippen LogP contribution in [0.5, 0.6) is 0 Å². The van der Waals surface area contributed by atoms with Crippen molar-refractivity contribution >= 4 is 58.4 Å². The fourth-order valence-corrected chi connectivity index (χ4v) is 5.21. The Morgan fingerprint density at radius 3 is 2.31 bits per heavy atom. The predicted octanol–water partition coefficient (Wildman–Crippen LogP) is 7.30. The molecule has 1 atom stereocenters. The molecular weight excluding hydrogens is 535 g/mol. The largest absolute Gasteiger partial charge is 0.355 e. The Kier molecular flexibility index (Phi) is 11.5. The van der Waals surface area contributed by atoms with Crippen molar-refractivity contribution in [1.29, 1.82) is 0 Å². The van der Waals surface area contributed by atoms with Crippen LogP contribution in [0.4, 0.5) is 0 Å². The first-order valence-corrected chi connectivity index (χ1v) is 13.9. The molecule has 0 aliphatic carbocycles. The van der Waals surface area contributed by atoms with Gasteiger partial charge in [0, 0.05) is 45.9 Å². The van der Waals surface area contributed by atoms with E-state index in [-0.39, 0.29) is 18.4 Å². The number of carbonyl (C=O) groups is 2. The zero-order chi connectivity index (χ0) is 25.9. The van der Waals surface area contributed by atoms with E-state index in [4.69, 9.17) is 34.8 Å². The van der Waals surface area contributed by atoms with Gasteiger partial charge < -0.3 is 10.2 Å². The Bertz CT molecular complexity index is 1140. The molecule has 36 heavy (non-hydrogen) atoms. The highest BCUT2D eigenvalue weighted by Crippen LogP contribution is 2.25. The summed E-state index contributed by atoms with van der Waals surface area (Å²) < 4.78 is 0. The third-order valence-corrected chi connectivity index (χ3v) is 7.53. The normalized spacial score (nSPS) is 11.7. The Hall–Kier alpha value is -2.18. The molecule has 0 radical (unpaired) electrons. The van der Waals surface area contributed by atoms with Crippen LogP contribution in [0.3, 0.4) is 0 Å². The van der Waals surface area contributed by atoms with Gasteiger partial charge in [-0.1, -0.05) is 71.2 Å². The standard InChI is InChI=1S/C28H29Cl3N2O2S/c1-2-32-28(35)26(17-20-7-4-3-5-8-20)33(19-21-10-11-23(30)18-25(21)31)27(34)9-6-16-36-24-14-12-22(29)13-15-24/h3-5,7-8,10-15,18,26H,2,6,9,16-17,19H2,1H3,(H,32,35). The molecule has 1 N–H and O–H groups in total. The molecule has 0 aromatic heterocycles. The number of nitrogens with one attached hydrogen (secondary N) is 1. The van der Waals surface area contributed by atoms with E-state index in [1.165, 1.54) is 0 Å². The lowest BCUT2D eigenvalue weighted by molar-refractivity contribution is -0.141. The summed E-state index contributed by atoms with van der Waals surface area (Å²) in [5.74, 6) is 0.494. The molecule has 0 bridgehead atoms. The highest BCUT2D eigenvalue weighted by molar-refractivity contribution is 7.99. The zero-order valence-corrected chi connectivity index (χ0v) is 23.1. The van der Waals surface area contributed by atoms with E-state index < -0.39 is 6.04 Å². The minimum atomic E-state index is -0.671. The highest BCUT2D eigenvalue weighted by atomic mass is 35.5. The summed E-state index contributed by atoms with van der Waals surface area (Å²) in [6.45, 7) is 2.56. The van der Waals surface area contributed by atoms with E-state index >= 15 is 0 Å². The van der Waals surface area contributed by atoms with Crippen molar-refractivity contribution < 1.29 is 9.59 Å². The van der Waals surface area contributed by atoms with Crippen molar-refractivity contribution in [2.45, 2.75) is 43.7 Å². The number of nitrogens with zero attached hydrogens (tertiary/aromatic N) is 1. The van der Waals surface area contributed by atoms with E-state index in [9.17, 15) is 9.59 Å². The maximum absolute atomic E-state index is 13.6. The molecule has 0 aliphatic heterocycles. The Balaban J connectivity index is 1.79. The summed E-state index contributed by atoms with van der Waals surface area (Å²) >= 11 is 20.2. The molecule has 2 amide bonds. The number of hydrogen-bond donors (Lipinski definition) is 1. The molecular formula is C28H29Cl3N2O2S. The van der Waals surface area contributed by atoms with Crippen LogP contribution in [0.2, 0.25) is 15.1 Å². The van der Waals surface area contributed by atoms with Crippen LogP contribution in [0, 0.1) is 0 Å². The van der Waals surface area contributed by atoms with E-state index in [2.05, 4.69) is 5.32 Å². The summed E-state index contributed by atoms with van der Waals surface area (Å²) in [6.07, 6.45) is 1.39. The first kappa shape index (κ1) is 28.4. The number of carbonyl (C=O) groups excluding carboxylic acids is 2. The van der Waals surface area contributed by atoms with Crippen molar-refractivity contribution in [1.82, 2.24) is 10.2 Å². The van der Waals surface area contributed by atoms with Crippen molar-refractivity contribution in [2.24, 2.45) is 0 Å². The number of thioether (sulfide) groups is 1. The van der Waals surface area contributed by atoms with Gasteiger partial charge in [-0.05, 0) is 66.6 Å². The zero-order valence-electron chi connectivity index (χ0n) is 20.1. The minimum Gasteiger partial charge on any atom is -0.355 e. The van der Waals surface area contributed by atoms with Crippen molar-refractivity contribution in [3.8, 4) is 0 Å². The minimum absolute atomic E-state index is 0.0927. The second kappa shape index (κ2) is 14.5. The van der Waals surface area contributed by atoms with Gasteiger partial charge in [0.2, 0.25) is 11.8 Å². The summed E-state index contributed by atoms with van der Waals surface area (Å²) in [5.41, 5.74) is 1.72. The van der Waals surface area contributed by atoms with E-state index in [1.807, 2.05) is 61.5 Å². The van der Waals surface area contributed by atoms with Gasteiger partial charge in [0.1, 0.15) is 6.04 Å². The lowest BCUT2D eigenvalue weighted by atomic mass is 10.0. The SMILES string of the molecule is CCNC(=O)C(Cc1ccccc1)N(Cc1ccc(Cl)cc1Cl)C(=O)CCCSc1ccc(Cl)cc1. The second-order valence-corrected chi connectivity index (χ2v) is 10.7. The molecule has 0 saturated carbocycles. The maximum Gasteiger partial charge on any atom is 0.243 e. The van der Waals surface area contributed by atoms with Gasteiger partial charge in [0.05, 0.1) is 0 Å². The summed E-state index contributed by atoms with van der Waals surface area (Å²) in [7, 11) is 0. The van der Waals surface area contributed by atoms with Crippen LogP contribution >= 0.6 is 46.6 Å². The lowest BCUT2D eigenvalue weighted by Gasteiger charge is -2.32. The number of rotatable bonds is 12.